The fraction of sp³-hybridized carbons (Fsp3) is 0.250. The molecule has 0 aliphatic rings. The van der Waals surface area contributed by atoms with E-state index in [1.165, 1.54) is 13.2 Å². The Bertz CT molecular complexity index is 325. The van der Waals surface area contributed by atoms with Crippen LogP contribution in [0.2, 0.25) is 0 Å². The molecule has 70 valence electrons. The summed E-state index contributed by atoms with van der Waals surface area (Å²) in [6.45, 7) is 0.283. The van der Waals surface area contributed by atoms with Crippen molar-refractivity contribution in [3.63, 3.8) is 0 Å². The second kappa shape index (κ2) is 3.86. The number of benzene rings is 1. The third-order valence-corrected chi connectivity index (χ3v) is 1.68. The van der Waals surface area contributed by atoms with Gasteiger partial charge in [0.15, 0.2) is 5.75 Å². The van der Waals surface area contributed by atoms with Crippen LogP contribution in [0, 0.1) is 10.1 Å². The second-order valence-corrected chi connectivity index (χ2v) is 2.47. The Morgan fingerprint density at radius 1 is 1.62 bits per heavy atom. The molecule has 0 atom stereocenters. The Morgan fingerprint density at radius 2 is 2.31 bits per heavy atom. The molecular weight excluding hydrogens is 172 g/mol. The molecule has 0 radical (unpaired) electrons. The van der Waals surface area contributed by atoms with Gasteiger partial charge in [-0.3, -0.25) is 10.1 Å². The highest BCUT2D eigenvalue weighted by atomic mass is 16.6. The third kappa shape index (κ3) is 1.94. The lowest BCUT2D eigenvalue weighted by atomic mass is 10.2. The predicted octanol–water partition coefficient (Wildman–Crippen LogP) is 1.06. The van der Waals surface area contributed by atoms with Gasteiger partial charge in [0, 0.05) is 12.6 Å². The molecule has 0 fully saturated rings. The summed E-state index contributed by atoms with van der Waals surface area (Å²) in [7, 11) is 1.39. The lowest BCUT2D eigenvalue weighted by Crippen LogP contribution is -1.99. The minimum absolute atomic E-state index is 0.0505. The molecule has 0 aliphatic heterocycles. The van der Waals surface area contributed by atoms with E-state index in [-0.39, 0.29) is 18.0 Å². The van der Waals surface area contributed by atoms with Crippen LogP contribution < -0.4 is 10.5 Å². The average Bonchev–Trinajstić information content (AvgIpc) is 2.16. The van der Waals surface area contributed by atoms with E-state index in [2.05, 4.69) is 0 Å². The Hall–Kier alpha value is -1.62. The highest BCUT2D eigenvalue weighted by Gasteiger charge is 2.14. The van der Waals surface area contributed by atoms with Gasteiger partial charge >= 0.3 is 5.69 Å². The standard InChI is InChI=1S/C8H10N2O3/c1-13-8-3-2-6(5-9)4-7(8)10(11)12/h2-4H,5,9H2,1H3. The van der Waals surface area contributed by atoms with E-state index in [0.717, 1.165) is 0 Å². The number of nitro groups is 1. The van der Waals surface area contributed by atoms with Gasteiger partial charge in [0.2, 0.25) is 0 Å². The summed E-state index contributed by atoms with van der Waals surface area (Å²) in [5.41, 5.74) is 6.01. The maximum atomic E-state index is 10.5. The number of hydrogen-bond donors (Lipinski definition) is 1. The van der Waals surface area contributed by atoms with Crippen molar-refractivity contribution in [3.05, 3.63) is 33.9 Å². The van der Waals surface area contributed by atoms with Crippen molar-refractivity contribution in [2.45, 2.75) is 6.54 Å². The van der Waals surface area contributed by atoms with Crippen LogP contribution in [0.1, 0.15) is 5.56 Å². The smallest absolute Gasteiger partial charge is 0.311 e. The number of nitrogens with two attached hydrogens (primary N) is 1. The number of rotatable bonds is 3. The van der Waals surface area contributed by atoms with Crippen LogP contribution >= 0.6 is 0 Å². The van der Waals surface area contributed by atoms with Gasteiger partial charge < -0.3 is 10.5 Å². The molecule has 0 bridgehead atoms. The maximum absolute atomic E-state index is 10.5. The lowest BCUT2D eigenvalue weighted by Gasteiger charge is -2.02. The Balaban J connectivity index is 3.18. The van der Waals surface area contributed by atoms with E-state index < -0.39 is 4.92 Å². The second-order valence-electron chi connectivity index (χ2n) is 2.47. The molecule has 1 aromatic rings. The van der Waals surface area contributed by atoms with E-state index in [9.17, 15) is 10.1 Å². The van der Waals surface area contributed by atoms with Crippen molar-refractivity contribution < 1.29 is 9.66 Å². The predicted molar refractivity (Wildman–Crippen MR) is 47.5 cm³/mol. The van der Waals surface area contributed by atoms with Gasteiger partial charge in [0.1, 0.15) is 0 Å². The number of methoxy groups -OCH3 is 1. The summed E-state index contributed by atoms with van der Waals surface area (Å²) in [5.74, 6) is 0.252. The van der Waals surface area contributed by atoms with E-state index in [1.54, 1.807) is 12.1 Å². The van der Waals surface area contributed by atoms with Gasteiger partial charge in [-0.05, 0) is 11.6 Å². The summed E-state index contributed by atoms with van der Waals surface area (Å²) >= 11 is 0. The Kier molecular flexibility index (Phi) is 2.81. The molecule has 2 N–H and O–H groups in total. The molecule has 0 amide bonds. The Morgan fingerprint density at radius 3 is 2.77 bits per heavy atom. The molecule has 0 unspecified atom stereocenters. The van der Waals surface area contributed by atoms with Crippen LogP contribution in [0.4, 0.5) is 5.69 Å². The highest BCUT2D eigenvalue weighted by Crippen LogP contribution is 2.27. The summed E-state index contributed by atoms with van der Waals surface area (Å²) in [4.78, 5) is 10.0. The first-order chi connectivity index (χ1) is 6.19. The van der Waals surface area contributed by atoms with Gasteiger partial charge in [-0.15, -0.1) is 0 Å². The van der Waals surface area contributed by atoms with Gasteiger partial charge in [0.25, 0.3) is 0 Å². The maximum Gasteiger partial charge on any atom is 0.311 e. The molecule has 0 aliphatic carbocycles. The normalized spacial score (nSPS) is 9.69. The molecule has 0 heterocycles. The first-order valence-electron chi connectivity index (χ1n) is 3.70. The summed E-state index contributed by atoms with van der Waals surface area (Å²) < 4.78 is 4.82. The van der Waals surface area contributed by atoms with Gasteiger partial charge in [-0.2, -0.15) is 0 Å². The van der Waals surface area contributed by atoms with E-state index in [1.807, 2.05) is 0 Å². The third-order valence-electron chi connectivity index (χ3n) is 1.68. The number of ether oxygens (including phenoxy) is 1. The molecule has 0 saturated heterocycles. The molecule has 5 heteroatoms. The fourth-order valence-corrected chi connectivity index (χ4v) is 1.01. The van der Waals surface area contributed by atoms with Crippen LogP contribution in [0.3, 0.4) is 0 Å². The van der Waals surface area contributed by atoms with Crippen molar-refractivity contribution in [2.24, 2.45) is 5.73 Å². The van der Waals surface area contributed by atoms with Crippen molar-refractivity contribution >= 4 is 5.69 Å². The summed E-state index contributed by atoms with van der Waals surface area (Å²) in [6, 6.07) is 4.66. The van der Waals surface area contributed by atoms with Crippen LogP contribution in [0.25, 0.3) is 0 Å². The summed E-state index contributed by atoms with van der Waals surface area (Å²) in [5, 5.41) is 10.5. The molecule has 5 nitrogen and oxygen atoms in total. The minimum Gasteiger partial charge on any atom is -0.490 e. The Labute approximate surface area is 75.3 Å². The van der Waals surface area contributed by atoms with Gasteiger partial charge in [-0.1, -0.05) is 6.07 Å². The average molecular weight is 182 g/mol. The molecule has 1 rings (SSSR count). The molecule has 1 aromatic carbocycles. The van der Waals surface area contributed by atoms with Crippen molar-refractivity contribution in [2.75, 3.05) is 7.11 Å². The highest BCUT2D eigenvalue weighted by molar-refractivity contribution is 5.48. The van der Waals surface area contributed by atoms with Crippen molar-refractivity contribution in [1.29, 1.82) is 0 Å². The molecule has 0 aromatic heterocycles. The van der Waals surface area contributed by atoms with E-state index >= 15 is 0 Å². The van der Waals surface area contributed by atoms with Crippen LogP contribution in [-0.2, 0) is 6.54 Å². The first-order valence-corrected chi connectivity index (χ1v) is 3.70. The fourth-order valence-electron chi connectivity index (χ4n) is 1.01. The zero-order valence-electron chi connectivity index (χ0n) is 7.19. The molecule has 0 saturated carbocycles. The summed E-state index contributed by atoms with van der Waals surface area (Å²) in [6.07, 6.45) is 0. The topological polar surface area (TPSA) is 78.4 Å². The number of nitrogens with zero attached hydrogens (tertiary/aromatic N) is 1. The van der Waals surface area contributed by atoms with Gasteiger partial charge in [0.05, 0.1) is 12.0 Å². The molecular formula is C8H10N2O3. The lowest BCUT2D eigenvalue weighted by molar-refractivity contribution is -0.385. The van der Waals surface area contributed by atoms with Crippen molar-refractivity contribution in [3.8, 4) is 5.75 Å². The van der Waals surface area contributed by atoms with Gasteiger partial charge in [-0.25, -0.2) is 0 Å². The van der Waals surface area contributed by atoms with Crippen LogP contribution in [-0.4, -0.2) is 12.0 Å². The largest absolute Gasteiger partial charge is 0.490 e. The SMILES string of the molecule is COc1ccc(CN)cc1[N+](=O)[O-]. The van der Waals surface area contributed by atoms with Crippen LogP contribution in [0.15, 0.2) is 18.2 Å². The monoisotopic (exact) mass is 182 g/mol. The molecule has 13 heavy (non-hydrogen) atoms. The van der Waals surface area contributed by atoms with Crippen molar-refractivity contribution in [1.82, 2.24) is 0 Å². The van der Waals surface area contributed by atoms with E-state index in [4.69, 9.17) is 10.5 Å². The minimum atomic E-state index is -0.488. The first kappa shape index (κ1) is 9.47. The number of nitro benzene ring substituents is 1. The van der Waals surface area contributed by atoms with Crippen LogP contribution in [0.5, 0.6) is 5.75 Å². The molecule has 0 spiro atoms. The zero-order chi connectivity index (χ0) is 9.84. The quantitative estimate of drug-likeness (QED) is 0.560. The zero-order valence-corrected chi connectivity index (χ0v) is 7.19. The number of hydrogen-bond acceptors (Lipinski definition) is 4. The van der Waals surface area contributed by atoms with E-state index in [0.29, 0.717) is 5.56 Å².